The first kappa shape index (κ1) is 13.7. The SMILES string of the molecule is CCCOC[n+]1ccn(CCCCCC#N)c1. The van der Waals surface area contributed by atoms with Gasteiger partial charge in [0.15, 0.2) is 6.73 Å². The highest BCUT2D eigenvalue weighted by molar-refractivity contribution is 4.69. The molecule has 4 nitrogen and oxygen atoms in total. The summed E-state index contributed by atoms with van der Waals surface area (Å²) in [6.45, 7) is 4.57. The normalized spacial score (nSPS) is 10.4. The molecule has 0 N–H and O–H groups in total. The third-order valence-corrected chi connectivity index (χ3v) is 2.54. The third-order valence-electron chi connectivity index (χ3n) is 2.54. The Hall–Kier alpha value is -1.34. The van der Waals surface area contributed by atoms with Crippen molar-refractivity contribution in [1.82, 2.24) is 4.57 Å². The van der Waals surface area contributed by atoms with E-state index in [1.807, 2.05) is 10.8 Å². The maximum atomic E-state index is 8.42. The molecule has 0 aromatic carbocycles. The molecule has 0 fully saturated rings. The Labute approximate surface area is 103 Å². The largest absolute Gasteiger partial charge is 0.342 e. The van der Waals surface area contributed by atoms with Crippen molar-refractivity contribution in [3.05, 3.63) is 18.7 Å². The number of aryl methyl sites for hydroxylation is 1. The number of nitrogens with zero attached hydrogens (tertiary/aromatic N) is 3. The van der Waals surface area contributed by atoms with Gasteiger partial charge < -0.3 is 4.74 Å². The lowest BCUT2D eigenvalue weighted by atomic mass is 10.2. The Bertz CT molecular complexity index is 341. The van der Waals surface area contributed by atoms with E-state index in [-0.39, 0.29) is 0 Å². The highest BCUT2D eigenvalue weighted by Gasteiger charge is 2.02. The molecular formula is C13H22N3O+. The molecule has 1 aromatic heterocycles. The number of ether oxygens (including phenoxy) is 1. The minimum Gasteiger partial charge on any atom is -0.342 e. The molecule has 17 heavy (non-hydrogen) atoms. The summed E-state index contributed by atoms with van der Waals surface area (Å²) in [7, 11) is 0. The van der Waals surface area contributed by atoms with Gasteiger partial charge in [-0.3, -0.25) is 0 Å². The van der Waals surface area contributed by atoms with Gasteiger partial charge in [-0.05, 0) is 25.7 Å². The van der Waals surface area contributed by atoms with Gasteiger partial charge >= 0.3 is 0 Å². The molecular weight excluding hydrogens is 214 g/mol. The molecule has 0 amide bonds. The van der Waals surface area contributed by atoms with Crippen molar-refractivity contribution in [1.29, 1.82) is 5.26 Å². The van der Waals surface area contributed by atoms with Crippen molar-refractivity contribution in [2.75, 3.05) is 6.61 Å². The van der Waals surface area contributed by atoms with Crippen LogP contribution in [0, 0.1) is 11.3 Å². The van der Waals surface area contributed by atoms with Gasteiger partial charge in [0.05, 0.1) is 19.2 Å². The van der Waals surface area contributed by atoms with Gasteiger partial charge in [0.2, 0.25) is 6.33 Å². The highest BCUT2D eigenvalue weighted by Crippen LogP contribution is 2.00. The second-order valence-electron chi connectivity index (χ2n) is 4.17. The molecule has 94 valence electrons. The minimum atomic E-state index is 0.634. The van der Waals surface area contributed by atoms with E-state index in [1.165, 1.54) is 0 Å². The van der Waals surface area contributed by atoms with E-state index in [2.05, 4.69) is 30.1 Å². The van der Waals surface area contributed by atoms with Gasteiger partial charge in [0, 0.05) is 6.42 Å². The highest BCUT2D eigenvalue weighted by atomic mass is 16.5. The van der Waals surface area contributed by atoms with E-state index in [0.717, 1.165) is 38.8 Å². The van der Waals surface area contributed by atoms with Crippen LogP contribution in [0.4, 0.5) is 0 Å². The molecule has 0 radical (unpaired) electrons. The molecule has 0 saturated carbocycles. The molecule has 0 spiro atoms. The summed E-state index contributed by atoms with van der Waals surface area (Å²) < 4.78 is 9.67. The Morgan fingerprint density at radius 3 is 3.00 bits per heavy atom. The summed E-state index contributed by atoms with van der Waals surface area (Å²) in [5, 5.41) is 8.42. The van der Waals surface area contributed by atoms with Crippen molar-refractivity contribution in [3.63, 3.8) is 0 Å². The molecule has 0 aliphatic carbocycles. The van der Waals surface area contributed by atoms with E-state index >= 15 is 0 Å². The van der Waals surface area contributed by atoms with Crippen LogP contribution in [0.15, 0.2) is 18.7 Å². The average Bonchev–Trinajstić information content (AvgIpc) is 2.77. The summed E-state index contributed by atoms with van der Waals surface area (Å²) in [5.41, 5.74) is 0. The zero-order chi connectivity index (χ0) is 12.3. The Balaban J connectivity index is 2.15. The van der Waals surface area contributed by atoms with Crippen LogP contribution in [0.3, 0.4) is 0 Å². The number of aromatic nitrogens is 2. The molecule has 0 bridgehead atoms. The summed E-state index contributed by atoms with van der Waals surface area (Å²) in [4.78, 5) is 0. The van der Waals surface area contributed by atoms with E-state index < -0.39 is 0 Å². The number of imidazole rings is 1. The third kappa shape index (κ3) is 6.08. The molecule has 1 heterocycles. The maximum Gasteiger partial charge on any atom is 0.245 e. The summed E-state index contributed by atoms with van der Waals surface area (Å²) in [6.07, 6.45) is 11.2. The quantitative estimate of drug-likeness (QED) is 0.487. The summed E-state index contributed by atoms with van der Waals surface area (Å²) >= 11 is 0. The molecule has 4 heteroatoms. The Morgan fingerprint density at radius 2 is 2.24 bits per heavy atom. The first-order chi connectivity index (χ1) is 8.36. The lowest BCUT2D eigenvalue weighted by molar-refractivity contribution is -0.732. The van der Waals surface area contributed by atoms with E-state index in [4.69, 9.17) is 10.00 Å². The van der Waals surface area contributed by atoms with Crippen molar-refractivity contribution in [2.45, 2.75) is 52.3 Å². The van der Waals surface area contributed by atoms with Crippen LogP contribution in [0.2, 0.25) is 0 Å². The van der Waals surface area contributed by atoms with Crippen LogP contribution in [-0.2, 0) is 18.0 Å². The van der Waals surface area contributed by atoms with Gasteiger partial charge in [0.1, 0.15) is 12.4 Å². The second-order valence-corrected chi connectivity index (χ2v) is 4.17. The summed E-state index contributed by atoms with van der Waals surface area (Å²) in [6, 6.07) is 2.17. The number of hydrogen-bond acceptors (Lipinski definition) is 2. The van der Waals surface area contributed by atoms with Crippen LogP contribution >= 0.6 is 0 Å². The van der Waals surface area contributed by atoms with Crippen molar-refractivity contribution in [3.8, 4) is 6.07 Å². The molecule has 0 aliphatic rings. The number of hydrogen-bond donors (Lipinski definition) is 0. The maximum absolute atomic E-state index is 8.42. The van der Waals surface area contributed by atoms with Crippen LogP contribution in [0.5, 0.6) is 0 Å². The zero-order valence-electron chi connectivity index (χ0n) is 10.6. The van der Waals surface area contributed by atoms with Crippen molar-refractivity contribution < 1.29 is 9.30 Å². The van der Waals surface area contributed by atoms with Crippen LogP contribution in [0.25, 0.3) is 0 Å². The average molecular weight is 236 g/mol. The van der Waals surface area contributed by atoms with E-state index in [9.17, 15) is 0 Å². The second kappa shape index (κ2) is 8.77. The number of unbranched alkanes of at least 4 members (excludes halogenated alkanes) is 3. The van der Waals surface area contributed by atoms with E-state index in [0.29, 0.717) is 13.2 Å². The topological polar surface area (TPSA) is 41.8 Å². The molecule has 0 aliphatic heterocycles. The van der Waals surface area contributed by atoms with Crippen molar-refractivity contribution in [2.24, 2.45) is 0 Å². The fourth-order valence-electron chi connectivity index (χ4n) is 1.64. The monoisotopic (exact) mass is 236 g/mol. The first-order valence-electron chi connectivity index (χ1n) is 6.36. The Kier molecular flexibility index (Phi) is 7.08. The number of rotatable bonds is 9. The van der Waals surface area contributed by atoms with Gasteiger partial charge in [0.25, 0.3) is 0 Å². The van der Waals surface area contributed by atoms with E-state index in [1.54, 1.807) is 0 Å². The zero-order valence-corrected chi connectivity index (χ0v) is 10.6. The van der Waals surface area contributed by atoms with Crippen LogP contribution in [0.1, 0.15) is 39.0 Å². The molecule has 0 atom stereocenters. The molecule has 0 unspecified atom stereocenters. The predicted molar refractivity (Wildman–Crippen MR) is 65.0 cm³/mol. The number of nitriles is 1. The fourth-order valence-corrected chi connectivity index (χ4v) is 1.64. The predicted octanol–water partition coefficient (Wildman–Crippen LogP) is 2.24. The standard InChI is InChI=1S/C13H22N3O/c1-2-11-17-13-16-10-9-15(12-16)8-6-4-3-5-7-14/h9-10,12H,2-6,8,11,13H2,1H3/q+1. The Morgan fingerprint density at radius 1 is 1.35 bits per heavy atom. The molecule has 0 saturated heterocycles. The first-order valence-corrected chi connectivity index (χ1v) is 6.36. The van der Waals surface area contributed by atoms with Gasteiger partial charge in [-0.1, -0.05) is 6.92 Å². The lowest BCUT2D eigenvalue weighted by Gasteiger charge is -1.98. The smallest absolute Gasteiger partial charge is 0.245 e. The van der Waals surface area contributed by atoms with Gasteiger partial charge in [-0.2, -0.15) is 5.26 Å². The fraction of sp³-hybridized carbons (Fsp3) is 0.692. The van der Waals surface area contributed by atoms with Crippen molar-refractivity contribution >= 4 is 0 Å². The lowest BCUT2D eigenvalue weighted by Crippen LogP contribution is -2.32. The molecule has 1 aromatic rings. The minimum absolute atomic E-state index is 0.634. The summed E-state index contributed by atoms with van der Waals surface area (Å²) in [5.74, 6) is 0. The molecule has 1 rings (SSSR count). The van der Waals surface area contributed by atoms with Gasteiger partial charge in [-0.15, -0.1) is 0 Å². The van der Waals surface area contributed by atoms with Crippen LogP contribution < -0.4 is 4.57 Å². The van der Waals surface area contributed by atoms with Gasteiger partial charge in [-0.25, -0.2) is 9.13 Å². The van der Waals surface area contributed by atoms with Crippen LogP contribution in [-0.4, -0.2) is 11.2 Å².